The molecule has 1 saturated carbocycles. The molecule has 0 saturated heterocycles. The fraction of sp³-hybridized carbons (Fsp3) is 0.300. The maximum absolute atomic E-state index is 11.4. The number of rotatable bonds is 0. The number of carbonyl (C=O) groups is 1. The molecular formula is C10H8BrNO. The van der Waals surface area contributed by atoms with Crippen LogP contribution in [0.5, 0.6) is 0 Å². The van der Waals surface area contributed by atoms with Gasteiger partial charge < -0.3 is 5.32 Å². The number of carbonyl (C=O) groups excluding carboxylic acids is 1. The third-order valence-electron chi connectivity index (χ3n) is 2.80. The number of hydrogen-bond donors (Lipinski definition) is 1. The average Bonchev–Trinajstić information content (AvgIpc) is 2.86. The Kier molecular flexibility index (Phi) is 1.37. The van der Waals surface area contributed by atoms with E-state index in [2.05, 4.69) is 27.3 Å². The highest BCUT2D eigenvalue weighted by Crippen LogP contribution is 2.53. The van der Waals surface area contributed by atoms with Crippen molar-refractivity contribution in [2.75, 3.05) is 5.32 Å². The van der Waals surface area contributed by atoms with Crippen molar-refractivity contribution in [3.63, 3.8) is 0 Å². The van der Waals surface area contributed by atoms with Crippen LogP contribution in [0.1, 0.15) is 17.9 Å². The molecule has 1 amide bonds. The summed E-state index contributed by atoms with van der Waals surface area (Å²) in [6, 6.07) is 6.03. The minimum Gasteiger partial charge on any atom is -0.326 e. The van der Waals surface area contributed by atoms with Crippen molar-refractivity contribution < 1.29 is 4.79 Å². The molecule has 1 aromatic carbocycles. The van der Waals surface area contributed by atoms with Gasteiger partial charge in [0.25, 0.3) is 0 Å². The van der Waals surface area contributed by atoms with Crippen molar-refractivity contribution in [2.45, 2.75) is 12.3 Å². The van der Waals surface area contributed by atoms with Gasteiger partial charge in [-0.05, 0) is 36.1 Å². The second kappa shape index (κ2) is 2.35. The molecule has 0 spiro atoms. The van der Waals surface area contributed by atoms with Crippen molar-refractivity contribution in [3.8, 4) is 0 Å². The van der Waals surface area contributed by atoms with Gasteiger partial charge in [-0.2, -0.15) is 0 Å². The standard InChI is InChI=1S/C10H8BrNO/c11-5-1-2-9-7(3-5)6-4-8(6)10(13)12-9/h1-3,6,8H,4H2,(H,12,13)/t6-,8+/m1/s1. The van der Waals surface area contributed by atoms with Gasteiger partial charge in [0.2, 0.25) is 5.91 Å². The van der Waals surface area contributed by atoms with Gasteiger partial charge in [-0.1, -0.05) is 15.9 Å². The molecule has 1 aliphatic heterocycles. The molecule has 13 heavy (non-hydrogen) atoms. The molecule has 3 heteroatoms. The zero-order valence-electron chi connectivity index (χ0n) is 6.88. The lowest BCUT2D eigenvalue weighted by Crippen LogP contribution is -2.19. The summed E-state index contributed by atoms with van der Waals surface area (Å²) in [6.45, 7) is 0. The smallest absolute Gasteiger partial charge is 0.228 e. The van der Waals surface area contributed by atoms with E-state index in [1.807, 2.05) is 12.1 Å². The van der Waals surface area contributed by atoms with Crippen LogP contribution in [0.4, 0.5) is 5.69 Å². The van der Waals surface area contributed by atoms with Crippen LogP contribution >= 0.6 is 15.9 Å². The number of anilines is 1. The Hall–Kier alpha value is -0.830. The topological polar surface area (TPSA) is 29.1 Å². The van der Waals surface area contributed by atoms with Gasteiger partial charge in [0.1, 0.15) is 0 Å². The largest absolute Gasteiger partial charge is 0.326 e. The van der Waals surface area contributed by atoms with Crippen molar-refractivity contribution in [3.05, 3.63) is 28.2 Å². The number of amides is 1. The van der Waals surface area contributed by atoms with Gasteiger partial charge in [0.05, 0.1) is 0 Å². The molecule has 0 unspecified atom stereocenters. The van der Waals surface area contributed by atoms with Crippen LogP contribution in [-0.2, 0) is 4.79 Å². The molecule has 0 bridgehead atoms. The van der Waals surface area contributed by atoms with Crippen LogP contribution in [0.2, 0.25) is 0 Å². The van der Waals surface area contributed by atoms with E-state index in [9.17, 15) is 4.79 Å². The molecule has 3 rings (SSSR count). The first-order chi connectivity index (χ1) is 6.25. The molecule has 0 radical (unpaired) electrons. The summed E-state index contributed by atoms with van der Waals surface area (Å²) < 4.78 is 1.09. The van der Waals surface area contributed by atoms with Crippen LogP contribution in [0.25, 0.3) is 0 Å². The van der Waals surface area contributed by atoms with E-state index in [1.54, 1.807) is 0 Å². The third kappa shape index (κ3) is 1.03. The second-order valence-electron chi connectivity index (χ2n) is 3.67. The molecule has 1 fully saturated rings. The van der Waals surface area contributed by atoms with Crippen molar-refractivity contribution in [2.24, 2.45) is 5.92 Å². The first-order valence-electron chi connectivity index (χ1n) is 4.36. The summed E-state index contributed by atoms with van der Waals surface area (Å²) in [5.41, 5.74) is 2.28. The number of fused-ring (bicyclic) bond motifs is 3. The average molecular weight is 238 g/mol. The Labute approximate surface area is 84.5 Å². The molecule has 2 aliphatic rings. The van der Waals surface area contributed by atoms with Crippen LogP contribution in [0, 0.1) is 5.92 Å². The maximum atomic E-state index is 11.4. The summed E-state index contributed by atoms with van der Waals surface area (Å²) in [7, 11) is 0. The Bertz CT molecular complexity index is 402. The summed E-state index contributed by atoms with van der Waals surface area (Å²) in [5.74, 6) is 0.933. The number of hydrogen-bond acceptors (Lipinski definition) is 1. The third-order valence-corrected chi connectivity index (χ3v) is 3.29. The minimum atomic E-state index is 0.194. The van der Waals surface area contributed by atoms with Crippen molar-refractivity contribution >= 4 is 27.5 Å². The summed E-state index contributed by atoms with van der Waals surface area (Å²) >= 11 is 3.44. The van der Waals surface area contributed by atoms with Gasteiger partial charge >= 0.3 is 0 Å². The summed E-state index contributed by atoms with van der Waals surface area (Å²) in [6.07, 6.45) is 1.02. The normalized spacial score (nSPS) is 28.8. The van der Waals surface area contributed by atoms with Crippen LogP contribution in [0.3, 0.4) is 0 Å². The molecule has 2 atom stereocenters. The zero-order valence-corrected chi connectivity index (χ0v) is 8.47. The van der Waals surface area contributed by atoms with Gasteiger partial charge in [0.15, 0.2) is 0 Å². The summed E-state index contributed by atoms with van der Waals surface area (Å²) in [5, 5.41) is 2.92. The Morgan fingerprint density at radius 1 is 1.38 bits per heavy atom. The fourth-order valence-electron chi connectivity index (χ4n) is 2.01. The quantitative estimate of drug-likeness (QED) is 0.739. The SMILES string of the molecule is O=C1Nc2ccc(Br)cc2[C@H]2C[C@H]12. The predicted molar refractivity (Wildman–Crippen MR) is 53.6 cm³/mol. The van der Waals surface area contributed by atoms with Gasteiger partial charge in [0, 0.05) is 16.1 Å². The number of benzene rings is 1. The minimum absolute atomic E-state index is 0.194. The van der Waals surface area contributed by atoms with E-state index < -0.39 is 0 Å². The number of halogens is 1. The lowest BCUT2D eigenvalue weighted by Gasteiger charge is -2.15. The Morgan fingerprint density at radius 3 is 3.08 bits per heavy atom. The molecule has 1 aromatic rings. The van der Waals surface area contributed by atoms with E-state index in [0.29, 0.717) is 5.92 Å². The second-order valence-corrected chi connectivity index (χ2v) is 4.59. The molecular weight excluding hydrogens is 230 g/mol. The van der Waals surface area contributed by atoms with Crippen LogP contribution in [-0.4, -0.2) is 5.91 Å². The molecule has 0 aromatic heterocycles. The van der Waals surface area contributed by atoms with Crippen LogP contribution < -0.4 is 5.32 Å². The molecule has 66 valence electrons. The van der Waals surface area contributed by atoms with Gasteiger partial charge in [-0.25, -0.2) is 0 Å². The van der Waals surface area contributed by atoms with E-state index in [0.717, 1.165) is 16.6 Å². The van der Waals surface area contributed by atoms with Gasteiger partial charge in [-0.3, -0.25) is 4.79 Å². The van der Waals surface area contributed by atoms with Crippen molar-refractivity contribution in [1.29, 1.82) is 0 Å². The van der Waals surface area contributed by atoms with E-state index in [-0.39, 0.29) is 11.8 Å². The van der Waals surface area contributed by atoms with Crippen molar-refractivity contribution in [1.82, 2.24) is 0 Å². The molecule has 1 heterocycles. The molecule has 1 N–H and O–H groups in total. The first kappa shape index (κ1) is 7.56. The van der Waals surface area contributed by atoms with Crippen LogP contribution in [0.15, 0.2) is 22.7 Å². The number of nitrogens with one attached hydrogen (secondary N) is 1. The highest BCUT2D eigenvalue weighted by atomic mass is 79.9. The Morgan fingerprint density at radius 2 is 2.23 bits per heavy atom. The maximum Gasteiger partial charge on any atom is 0.228 e. The van der Waals surface area contributed by atoms with E-state index >= 15 is 0 Å². The van der Waals surface area contributed by atoms with E-state index in [4.69, 9.17) is 0 Å². The highest BCUT2D eigenvalue weighted by Gasteiger charge is 2.48. The monoisotopic (exact) mass is 237 g/mol. The lowest BCUT2D eigenvalue weighted by atomic mass is 10.0. The Balaban J connectivity index is 2.15. The predicted octanol–water partition coefficient (Wildman–Crippen LogP) is 2.50. The van der Waals surface area contributed by atoms with E-state index in [1.165, 1.54) is 5.56 Å². The van der Waals surface area contributed by atoms with Gasteiger partial charge in [-0.15, -0.1) is 0 Å². The summed E-state index contributed by atoms with van der Waals surface area (Å²) in [4.78, 5) is 11.4. The zero-order chi connectivity index (χ0) is 9.00. The lowest BCUT2D eigenvalue weighted by molar-refractivity contribution is -0.117. The first-order valence-corrected chi connectivity index (χ1v) is 5.15. The highest BCUT2D eigenvalue weighted by molar-refractivity contribution is 9.10. The fourth-order valence-corrected chi connectivity index (χ4v) is 2.39. The molecule has 2 nitrogen and oxygen atoms in total. The molecule has 1 aliphatic carbocycles.